The van der Waals surface area contributed by atoms with Gasteiger partial charge in [-0.25, -0.2) is 0 Å². The molecule has 0 N–H and O–H groups in total. The summed E-state index contributed by atoms with van der Waals surface area (Å²) in [6.07, 6.45) is 2.71. The standard InChI is InChI=1S/C15H18N2O/c1-3-12(8-16)9-17(2)10-13-11-18-15-7-5-4-6-14(13)15/h4-7,11-12H,3,9-10H2,1-2H3. The van der Waals surface area contributed by atoms with Crippen molar-refractivity contribution in [3.05, 3.63) is 36.1 Å². The number of nitriles is 1. The van der Waals surface area contributed by atoms with Crippen LogP contribution in [0.2, 0.25) is 0 Å². The summed E-state index contributed by atoms with van der Waals surface area (Å²) in [6, 6.07) is 10.4. The first-order valence-electron chi connectivity index (χ1n) is 6.27. The van der Waals surface area contributed by atoms with E-state index in [1.807, 2.05) is 31.5 Å². The van der Waals surface area contributed by atoms with E-state index in [1.165, 1.54) is 5.56 Å². The zero-order valence-electron chi connectivity index (χ0n) is 10.9. The summed E-state index contributed by atoms with van der Waals surface area (Å²) in [5, 5.41) is 10.1. The summed E-state index contributed by atoms with van der Waals surface area (Å²) < 4.78 is 5.52. The maximum absolute atomic E-state index is 8.98. The first-order valence-corrected chi connectivity index (χ1v) is 6.27. The second-order valence-corrected chi connectivity index (χ2v) is 4.69. The molecule has 94 valence electrons. The highest BCUT2D eigenvalue weighted by atomic mass is 16.3. The largest absolute Gasteiger partial charge is 0.464 e. The number of hydrogen-bond donors (Lipinski definition) is 0. The number of benzene rings is 1. The first-order chi connectivity index (χ1) is 8.74. The Morgan fingerprint density at radius 2 is 2.17 bits per heavy atom. The van der Waals surface area contributed by atoms with E-state index in [0.717, 1.165) is 30.5 Å². The maximum Gasteiger partial charge on any atom is 0.134 e. The molecule has 0 bridgehead atoms. The molecule has 0 spiro atoms. The van der Waals surface area contributed by atoms with Crippen LogP contribution in [0.5, 0.6) is 0 Å². The Hall–Kier alpha value is -1.79. The van der Waals surface area contributed by atoms with Crippen molar-refractivity contribution in [3.63, 3.8) is 0 Å². The van der Waals surface area contributed by atoms with Crippen molar-refractivity contribution in [2.45, 2.75) is 19.9 Å². The van der Waals surface area contributed by atoms with E-state index < -0.39 is 0 Å². The number of hydrogen-bond acceptors (Lipinski definition) is 3. The molecule has 0 aliphatic rings. The van der Waals surface area contributed by atoms with Crippen LogP contribution >= 0.6 is 0 Å². The summed E-state index contributed by atoms with van der Waals surface area (Å²) >= 11 is 0. The Morgan fingerprint density at radius 3 is 2.89 bits per heavy atom. The maximum atomic E-state index is 8.98. The van der Waals surface area contributed by atoms with E-state index in [9.17, 15) is 0 Å². The van der Waals surface area contributed by atoms with E-state index in [2.05, 4.69) is 24.0 Å². The molecule has 1 aromatic carbocycles. The van der Waals surface area contributed by atoms with Crippen molar-refractivity contribution in [3.8, 4) is 6.07 Å². The lowest BCUT2D eigenvalue weighted by Crippen LogP contribution is -2.24. The predicted octanol–water partition coefficient (Wildman–Crippen LogP) is 3.41. The van der Waals surface area contributed by atoms with Crippen LogP contribution in [0.4, 0.5) is 0 Å². The fourth-order valence-corrected chi connectivity index (χ4v) is 2.15. The van der Waals surface area contributed by atoms with Crippen molar-refractivity contribution in [2.75, 3.05) is 13.6 Å². The Bertz CT molecular complexity index is 553. The number of fused-ring (bicyclic) bond motifs is 1. The van der Waals surface area contributed by atoms with Crippen molar-refractivity contribution >= 4 is 11.0 Å². The highest BCUT2D eigenvalue weighted by Gasteiger charge is 2.11. The van der Waals surface area contributed by atoms with Gasteiger partial charge in [0.2, 0.25) is 0 Å². The van der Waals surface area contributed by atoms with Gasteiger partial charge in [0.25, 0.3) is 0 Å². The molecule has 3 nitrogen and oxygen atoms in total. The summed E-state index contributed by atoms with van der Waals surface area (Å²) in [6.45, 7) is 3.66. The number of nitrogens with zero attached hydrogens (tertiary/aromatic N) is 2. The molecule has 0 saturated heterocycles. The molecule has 0 aliphatic heterocycles. The van der Waals surface area contributed by atoms with Crippen LogP contribution in [-0.2, 0) is 6.54 Å². The molecule has 1 unspecified atom stereocenters. The fourth-order valence-electron chi connectivity index (χ4n) is 2.15. The molecule has 0 radical (unpaired) electrons. The van der Waals surface area contributed by atoms with E-state index in [4.69, 9.17) is 9.68 Å². The molecular formula is C15H18N2O. The van der Waals surface area contributed by atoms with Gasteiger partial charge in [0, 0.05) is 24.0 Å². The molecule has 0 saturated carbocycles. The Balaban J connectivity index is 2.07. The normalized spacial score (nSPS) is 12.8. The van der Waals surface area contributed by atoms with Crippen LogP contribution in [0.25, 0.3) is 11.0 Å². The van der Waals surface area contributed by atoms with E-state index in [-0.39, 0.29) is 5.92 Å². The topological polar surface area (TPSA) is 40.2 Å². The van der Waals surface area contributed by atoms with Crippen molar-refractivity contribution in [1.29, 1.82) is 5.26 Å². The third-order valence-corrected chi connectivity index (χ3v) is 3.21. The lowest BCUT2D eigenvalue weighted by molar-refractivity contribution is 0.292. The van der Waals surface area contributed by atoms with Crippen LogP contribution in [0.15, 0.2) is 34.9 Å². The van der Waals surface area contributed by atoms with Crippen molar-refractivity contribution < 1.29 is 4.42 Å². The van der Waals surface area contributed by atoms with E-state index in [1.54, 1.807) is 0 Å². The van der Waals surface area contributed by atoms with Crippen molar-refractivity contribution in [1.82, 2.24) is 4.90 Å². The summed E-state index contributed by atoms with van der Waals surface area (Å²) in [5.41, 5.74) is 2.11. The van der Waals surface area contributed by atoms with Crippen LogP contribution < -0.4 is 0 Å². The van der Waals surface area contributed by atoms with Gasteiger partial charge in [0.15, 0.2) is 0 Å². The summed E-state index contributed by atoms with van der Waals surface area (Å²) in [7, 11) is 2.04. The molecule has 0 amide bonds. The quantitative estimate of drug-likeness (QED) is 0.806. The number of furan rings is 1. The monoisotopic (exact) mass is 242 g/mol. The average molecular weight is 242 g/mol. The molecule has 2 rings (SSSR count). The Kier molecular flexibility index (Phi) is 4.01. The number of para-hydroxylation sites is 1. The van der Waals surface area contributed by atoms with Gasteiger partial charge in [0.05, 0.1) is 18.3 Å². The molecule has 1 atom stereocenters. The molecule has 1 heterocycles. The van der Waals surface area contributed by atoms with Gasteiger partial charge in [-0.1, -0.05) is 25.1 Å². The first kappa shape index (κ1) is 12.7. The van der Waals surface area contributed by atoms with E-state index in [0.29, 0.717) is 0 Å². The highest BCUT2D eigenvalue weighted by molar-refractivity contribution is 5.80. The average Bonchev–Trinajstić information content (AvgIpc) is 2.79. The summed E-state index contributed by atoms with van der Waals surface area (Å²) in [5.74, 6) is 0.105. The molecule has 0 aliphatic carbocycles. The van der Waals surface area contributed by atoms with E-state index >= 15 is 0 Å². The minimum absolute atomic E-state index is 0.105. The molecule has 3 heteroatoms. The molecular weight excluding hydrogens is 224 g/mol. The van der Waals surface area contributed by atoms with Gasteiger partial charge < -0.3 is 9.32 Å². The predicted molar refractivity (Wildman–Crippen MR) is 71.9 cm³/mol. The number of rotatable bonds is 5. The van der Waals surface area contributed by atoms with Crippen LogP contribution in [-0.4, -0.2) is 18.5 Å². The lowest BCUT2D eigenvalue weighted by Gasteiger charge is -2.18. The fraction of sp³-hybridized carbons (Fsp3) is 0.400. The molecule has 2 aromatic rings. The van der Waals surface area contributed by atoms with Gasteiger partial charge >= 0.3 is 0 Å². The smallest absolute Gasteiger partial charge is 0.134 e. The zero-order chi connectivity index (χ0) is 13.0. The third-order valence-electron chi connectivity index (χ3n) is 3.21. The third kappa shape index (κ3) is 2.72. The minimum atomic E-state index is 0.105. The SMILES string of the molecule is CCC(C#N)CN(C)Cc1coc2ccccc12. The Morgan fingerprint density at radius 1 is 1.39 bits per heavy atom. The van der Waals surface area contributed by atoms with Crippen LogP contribution in [0.1, 0.15) is 18.9 Å². The second-order valence-electron chi connectivity index (χ2n) is 4.69. The van der Waals surface area contributed by atoms with Gasteiger partial charge in [-0.2, -0.15) is 5.26 Å². The minimum Gasteiger partial charge on any atom is -0.464 e. The lowest BCUT2D eigenvalue weighted by atomic mass is 10.1. The second kappa shape index (κ2) is 5.70. The molecule has 18 heavy (non-hydrogen) atoms. The van der Waals surface area contributed by atoms with Gasteiger partial charge in [-0.15, -0.1) is 0 Å². The van der Waals surface area contributed by atoms with Crippen LogP contribution in [0.3, 0.4) is 0 Å². The van der Waals surface area contributed by atoms with Gasteiger partial charge in [-0.05, 0) is 19.5 Å². The zero-order valence-corrected chi connectivity index (χ0v) is 10.9. The molecule has 1 aromatic heterocycles. The molecule has 0 fully saturated rings. The summed E-state index contributed by atoms with van der Waals surface area (Å²) in [4.78, 5) is 2.18. The Labute approximate surface area is 108 Å². The van der Waals surface area contributed by atoms with Gasteiger partial charge in [0.1, 0.15) is 5.58 Å². The van der Waals surface area contributed by atoms with Crippen LogP contribution in [0, 0.1) is 17.2 Å². The van der Waals surface area contributed by atoms with Crippen molar-refractivity contribution in [2.24, 2.45) is 5.92 Å². The van der Waals surface area contributed by atoms with Gasteiger partial charge in [-0.3, -0.25) is 0 Å². The highest BCUT2D eigenvalue weighted by Crippen LogP contribution is 2.22.